The molecule has 136 valence electrons. The molecule has 1 aliphatic heterocycles. The number of carbonyl (C=O) groups excluding carboxylic acids is 1. The van der Waals surface area contributed by atoms with Gasteiger partial charge in [-0.1, -0.05) is 6.92 Å². The van der Waals surface area contributed by atoms with Crippen molar-refractivity contribution in [2.75, 3.05) is 44.2 Å². The summed E-state index contributed by atoms with van der Waals surface area (Å²) in [5.74, 6) is 1.13. The minimum atomic E-state index is -2.96. The van der Waals surface area contributed by atoms with E-state index in [1.807, 2.05) is 11.8 Å². The molecule has 0 aromatic carbocycles. The molecule has 0 aromatic heterocycles. The molecule has 1 fully saturated rings. The van der Waals surface area contributed by atoms with Crippen LogP contribution in [0.15, 0.2) is 4.99 Å². The largest absolute Gasteiger partial charge is 0.357 e. The Hall–Kier alpha value is -0.580. The Bertz CT molecular complexity index is 482. The van der Waals surface area contributed by atoms with Gasteiger partial charge in [-0.2, -0.15) is 0 Å². The maximum Gasteiger partial charge on any atom is 0.222 e. The summed E-state index contributed by atoms with van der Waals surface area (Å²) in [7, 11) is -2.96. The van der Waals surface area contributed by atoms with Crippen LogP contribution < -0.4 is 10.6 Å². The molecule has 1 heterocycles. The average molecular weight is 460 g/mol. The van der Waals surface area contributed by atoms with E-state index in [0.717, 1.165) is 32.5 Å². The zero-order valence-corrected chi connectivity index (χ0v) is 17.2. The van der Waals surface area contributed by atoms with Gasteiger partial charge in [0.25, 0.3) is 0 Å². The van der Waals surface area contributed by atoms with Crippen molar-refractivity contribution in [1.29, 1.82) is 0 Å². The van der Waals surface area contributed by atoms with E-state index in [-0.39, 0.29) is 41.4 Å². The second kappa shape index (κ2) is 11.9. The molecule has 0 bridgehead atoms. The van der Waals surface area contributed by atoms with E-state index in [1.165, 1.54) is 0 Å². The molecule has 0 atom stereocenters. The molecule has 0 saturated carbocycles. The van der Waals surface area contributed by atoms with Crippen LogP contribution in [0, 0.1) is 0 Å². The number of guanidine groups is 1. The van der Waals surface area contributed by atoms with Gasteiger partial charge in [-0.15, -0.1) is 24.0 Å². The third-order valence-corrected chi connectivity index (χ3v) is 5.22. The summed E-state index contributed by atoms with van der Waals surface area (Å²) in [5, 5.41) is 6.12. The number of nitrogens with zero attached hydrogens (tertiary/aromatic N) is 2. The van der Waals surface area contributed by atoms with E-state index in [1.54, 1.807) is 6.92 Å². The van der Waals surface area contributed by atoms with Crippen LogP contribution in [-0.4, -0.2) is 69.4 Å². The van der Waals surface area contributed by atoms with Crippen molar-refractivity contribution in [3.05, 3.63) is 0 Å². The van der Waals surface area contributed by atoms with Crippen LogP contribution in [0.5, 0.6) is 0 Å². The van der Waals surface area contributed by atoms with E-state index in [0.29, 0.717) is 25.5 Å². The van der Waals surface area contributed by atoms with Crippen LogP contribution in [-0.2, 0) is 14.6 Å². The fourth-order valence-electron chi connectivity index (χ4n) is 2.20. The number of amides is 1. The number of likely N-dealkylation sites (tertiary alicyclic amines) is 1. The lowest BCUT2D eigenvalue weighted by Crippen LogP contribution is -2.40. The quantitative estimate of drug-likeness (QED) is 0.228. The Kier molecular flexibility index (Phi) is 11.6. The molecule has 0 unspecified atom stereocenters. The lowest BCUT2D eigenvalue weighted by atomic mass is 10.4. The van der Waals surface area contributed by atoms with Gasteiger partial charge < -0.3 is 15.5 Å². The molecular formula is C14H29IN4O3S. The Morgan fingerprint density at radius 2 is 2.04 bits per heavy atom. The van der Waals surface area contributed by atoms with Gasteiger partial charge in [-0.05, 0) is 19.8 Å². The van der Waals surface area contributed by atoms with E-state index < -0.39 is 9.84 Å². The van der Waals surface area contributed by atoms with Crippen molar-refractivity contribution in [3.63, 3.8) is 0 Å². The lowest BCUT2D eigenvalue weighted by Gasteiger charge is -2.15. The van der Waals surface area contributed by atoms with Crippen molar-refractivity contribution in [2.24, 2.45) is 4.99 Å². The lowest BCUT2D eigenvalue weighted by molar-refractivity contribution is -0.127. The fourth-order valence-corrected chi connectivity index (χ4v) is 2.91. The van der Waals surface area contributed by atoms with Crippen LogP contribution in [0.1, 0.15) is 33.1 Å². The summed E-state index contributed by atoms with van der Waals surface area (Å²) in [4.78, 5) is 17.8. The number of carbonyl (C=O) groups is 1. The van der Waals surface area contributed by atoms with Gasteiger partial charge in [-0.25, -0.2) is 8.42 Å². The molecule has 9 heteroatoms. The third kappa shape index (κ3) is 9.33. The standard InChI is InChI=1S/C14H28N4O3S.HI/c1-3-15-14(17-9-12-22(20,21)4-2)16-8-6-11-18-10-5-7-13(18)19;/h3-12H2,1-2H3,(H2,15,16,17);1H. The van der Waals surface area contributed by atoms with Gasteiger partial charge >= 0.3 is 0 Å². The number of nitrogens with one attached hydrogen (secondary N) is 2. The highest BCUT2D eigenvalue weighted by molar-refractivity contribution is 14.0. The second-order valence-corrected chi connectivity index (χ2v) is 7.73. The van der Waals surface area contributed by atoms with E-state index in [4.69, 9.17) is 0 Å². The molecule has 1 aliphatic rings. The molecule has 23 heavy (non-hydrogen) atoms. The Morgan fingerprint density at radius 1 is 1.30 bits per heavy atom. The normalized spacial score (nSPS) is 15.5. The fraction of sp³-hybridized carbons (Fsp3) is 0.857. The van der Waals surface area contributed by atoms with Crippen molar-refractivity contribution in [2.45, 2.75) is 33.1 Å². The molecule has 2 N–H and O–H groups in total. The Labute approximate surface area is 156 Å². The minimum absolute atomic E-state index is 0. The van der Waals surface area contributed by atoms with E-state index >= 15 is 0 Å². The molecule has 1 rings (SSSR count). The number of rotatable bonds is 9. The van der Waals surface area contributed by atoms with Crippen LogP contribution in [0.3, 0.4) is 0 Å². The first-order valence-electron chi connectivity index (χ1n) is 7.99. The van der Waals surface area contributed by atoms with E-state index in [9.17, 15) is 13.2 Å². The van der Waals surface area contributed by atoms with Gasteiger partial charge in [0, 0.05) is 44.9 Å². The summed E-state index contributed by atoms with van der Waals surface area (Å²) in [6.07, 6.45) is 2.44. The van der Waals surface area contributed by atoms with Crippen molar-refractivity contribution in [1.82, 2.24) is 15.5 Å². The summed E-state index contributed by atoms with van der Waals surface area (Å²) < 4.78 is 22.9. The maximum atomic E-state index is 11.5. The highest BCUT2D eigenvalue weighted by atomic mass is 127. The summed E-state index contributed by atoms with van der Waals surface area (Å²) in [6, 6.07) is 0. The maximum absolute atomic E-state index is 11.5. The SMILES string of the molecule is CCNC(=NCCCN1CCCC1=O)NCCS(=O)(=O)CC.I. The highest BCUT2D eigenvalue weighted by Gasteiger charge is 2.18. The van der Waals surface area contributed by atoms with Gasteiger partial charge in [0.05, 0.1) is 5.75 Å². The number of halogens is 1. The van der Waals surface area contributed by atoms with Gasteiger partial charge in [0.1, 0.15) is 0 Å². The van der Waals surface area contributed by atoms with Crippen LogP contribution in [0.25, 0.3) is 0 Å². The topological polar surface area (TPSA) is 90.9 Å². The Morgan fingerprint density at radius 3 is 2.61 bits per heavy atom. The van der Waals surface area contributed by atoms with Gasteiger partial charge in [0.15, 0.2) is 15.8 Å². The highest BCUT2D eigenvalue weighted by Crippen LogP contribution is 2.09. The predicted molar refractivity (Wildman–Crippen MR) is 104 cm³/mol. The molecule has 0 spiro atoms. The number of hydrogen-bond acceptors (Lipinski definition) is 4. The van der Waals surface area contributed by atoms with Gasteiger partial charge in [0.2, 0.25) is 5.91 Å². The molecular weight excluding hydrogens is 431 g/mol. The monoisotopic (exact) mass is 460 g/mol. The first kappa shape index (κ1) is 22.4. The molecule has 0 radical (unpaired) electrons. The summed E-state index contributed by atoms with van der Waals surface area (Å²) >= 11 is 0. The minimum Gasteiger partial charge on any atom is -0.357 e. The first-order chi connectivity index (χ1) is 10.5. The van der Waals surface area contributed by atoms with Crippen molar-refractivity contribution in [3.8, 4) is 0 Å². The molecule has 7 nitrogen and oxygen atoms in total. The molecule has 0 aliphatic carbocycles. The van der Waals surface area contributed by atoms with Crippen LogP contribution in [0.4, 0.5) is 0 Å². The van der Waals surface area contributed by atoms with Crippen LogP contribution >= 0.6 is 24.0 Å². The number of hydrogen-bond donors (Lipinski definition) is 2. The van der Waals surface area contributed by atoms with Crippen molar-refractivity contribution >= 4 is 45.7 Å². The number of aliphatic imine (C=N–C) groups is 1. The Balaban J connectivity index is 0.00000484. The summed E-state index contributed by atoms with van der Waals surface area (Å²) in [5.41, 5.74) is 0. The smallest absolute Gasteiger partial charge is 0.222 e. The molecule has 1 amide bonds. The molecule has 0 aromatic rings. The zero-order valence-electron chi connectivity index (χ0n) is 14.0. The number of sulfone groups is 1. The zero-order chi connectivity index (χ0) is 16.4. The average Bonchev–Trinajstić information content (AvgIpc) is 2.89. The third-order valence-electron chi connectivity index (χ3n) is 3.52. The van der Waals surface area contributed by atoms with Crippen LogP contribution in [0.2, 0.25) is 0 Å². The molecule has 1 saturated heterocycles. The van der Waals surface area contributed by atoms with Gasteiger partial charge in [-0.3, -0.25) is 9.79 Å². The van der Waals surface area contributed by atoms with E-state index in [2.05, 4.69) is 15.6 Å². The summed E-state index contributed by atoms with van der Waals surface area (Å²) in [6.45, 7) is 6.89. The van der Waals surface area contributed by atoms with Crippen molar-refractivity contribution < 1.29 is 13.2 Å². The first-order valence-corrected chi connectivity index (χ1v) is 9.81. The predicted octanol–water partition coefficient (Wildman–Crippen LogP) is 0.607. The second-order valence-electron chi connectivity index (χ2n) is 5.26.